The summed E-state index contributed by atoms with van der Waals surface area (Å²) in [6.45, 7) is 5.63. The lowest BCUT2D eigenvalue weighted by Crippen LogP contribution is -2.58. The molecule has 0 aliphatic heterocycles. The fourth-order valence-electron chi connectivity index (χ4n) is 6.97. The van der Waals surface area contributed by atoms with E-state index >= 15 is 0 Å². The largest absolute Gasteiger partial charge is 0.465 e. The molecule has 1 aromatic heterocycles. The normalized spacial score (nSPS) is 25.5. The Bertz CT molecular complexity index is 1410. The number of nitrogens with one attached hydrogen (secondary N) is 1. The van der Waals surface area contributed by atoms with Gasteiger partial charge >= 0.3 is 6.09 Å². The van der Waals surface area contributed by atoms with Gasteiger partial charge in [0.2, 0.25) is 5.91 Å². The Kier molecular flexibility index (Phi) is 8.39. The fraction of sp³-hybridized carbons (Fsp3) is 0.441. The molecule has 0 saturated heterocycles. The van der Waals surface area contributed by atoms with Gasteiger partial charge in [0, 0.05) is 35.2 Å². The van der Waals surface area contributed by atoms with Crippen molar-refractivity contribution in [2.45, 2.75) is 88.9 Å². The number of carbonyl (C=O) groups is 2. The third-order valence-electron chi connectivity index (χ3n) is 8.84. The number of pyridine rings is 1. The summed E-state index contributed by atoms with van der Waals surface area (Å²) in [6, 6.07) is 20.0. The van der Waals surface area contributed by atoms with E-state index < -0.39 is 17.2 Å². The van der Waals surface area contributed by atoms with Gasteiger partial charge in [0.15, 0.2) is 0 Å². The summed E-state index contributed by atoms with van der Waals surface area (Å²) in [6.07, 6.45) is 5.51. The van der Waals surface area contributed by atoms with Crippen LogP contribution in [0.25, 0.3) is 22.4 Å². The predicted molar refractivity (Wildman–Crippen MR) is 165 cm³/mol. The number of carboxylic acid groups (broad SMARTS) is 1. The molecule has 0 bridgehead atoms. The number of nitrogens with zero attached hydrogens (tertiary/aromatic N) is 2. The Morgan fingerprint density at radius 1 is 1.02 bits per heavy atom. The second-order valence-corrected chi connectivity index (χ2v) is 12.8. The monoisotopic (exact) mass is 570 g/mol. The van der Waals surface area contributed by atoms with Crippen molar-refractivity contribution in [2.24, 2.45) is 11.7 Å². The molecule has 2 saturated carbocycles. The van der Waals surface area contributed by atoms with Crippen LogP contribution < -0.4 is 11.1 Å². The maximum atomic E-state index is 13.1. The molecule has 0 unspecified atom stereocenters. The molecule has 2 aromatic carbocycles. The van der Waals surface area contributed by atoms with E-state index in [4.69, 9.17) is 10.7 Å². The second kappa shape index (κ2) is 11.9. The Morgan fingerprint density at radius 2 is 1.67 bits per heavy atom. The molecule has 0 spiro atoms. The first-order valence-corrected chi connectivity index (χ1v) is 14.9. The molecule has 2 aliphatic carbocycles. The fourth-order valence-corrected chi connectivity index (χ4v) is 6.97. The number of aromatic nitrogens is 1. The molecule has 2 fully saturated rings. The average molecular weight is 571 g/mol. The van der Waals surface area contributed by atoms with Gasteiger partial charge in [-0.3, -0.25) is 9.78 Å². The van der Waals surface area contributed by atoms with E-state index in [-0.39, 0.29) is 23.9 Å². The molecule has 3 aromatic rings. The molecule has 42 heavy (non-hydrogen) atoms. The van der Waals surface area contributed by atoms with E-state index in [0.717, 1.165) is 53.6 Å². The van der Waals surface area contributed by atoms with Crippen molar-refractivity contribution in [1.82, 2.24) is 9.88 Å². The van der Waals surface area contributed by atoms with Crippen LogP contribution in [-0.4, -0.2) is 49.8 Å². The van der Waals surface area contributed by atoms with Gasteiger partial charge in [-0.1, -0.05) is 54.6 Å². The first kappa shape index (κ1) is 29.7. The average Bonchev–Trinajstić information content (AvgIpc) is 2.93. The van der Waals surface area contributed by atoms with E-state index in [1.165, 1.54) is 0 Å². The molecule has 0 radical (unpaired) electrons. The summed E-state index contributed by atoms with van der Waals surface area (Å²) in [4.78, 5) is 31.1. The van der Waals surface area contributed by atoms with Crippen molar-refractivity contribution in [3.05, 3.63) is 72.4 Å². The highest BCUT2D eigenvalue weighted by Crippen LogP contribution is 2.46. The van der Waals surface area contributed by atoms with Crippen LogP contribution in [0.4, 0.5) is 10.5 Å². The number of hydrogen-bond acceptors (Lipinski definition) is 5. The lowest BCUT2D eigenvalue weighted by molar-refractivity contribution is -0.117. The number of anilines is 1. The Hall–Kier alpha value is -3.75. The van der Waals surface area contributed by atoms with Crippen LogP contribution in [0.3, 0.4) is 0 Å². The lowest BCUT2D eigenvalue weighted by Gasteiger charge is -2.49. The minimum Gasteiger partial charge on any atom is -0.465 e. The molecular weight excluding hydrogens is 528 g/mol. The highest BCUT2D eigenvalue weighted by Gasteiger charge is 2.49. The van der Waals surface area contributed by atoms with Gasteiger partial charge < -0.3 is 26.2 Å². The van der Waals surface area contributed by atoms with Crippen molar-refractivity contribution in [3.63, 3.8) is 0 Å². The second-order valence-electron chi connectivity index (χ2n) is 12.8. The number of rotatable bonds is 8. The quantitative estimate of drug-likeness (QED) is 0.248. The van der Waals surface area contributed by atoms with Gasteiger partial charge in [-0.05, 0) is 82.4 Å². The van der Waals surface area contributed by atoms with Crippen LogP contribution in [-0.2, 0) is 10.3 Å². The van der Waals surface area contributed by atoms with Crippen molar-refractivity contribution in [2.75, 3.05) is 5.32 Å². The Morgan fingerprint density at radius 3 is 2.24 bits per heavy atom. The number of aliphatic hydroxyl groups is 1. The van der Waals surface area contributed by atoms with Crippen LogP contribution in [0.1, 0.15) is 71.3 Å². The topological polar surface area (TPSA) is 129 Å². The third-order valence-corrected chi connectivity index (χ3v) is 8.84. The summed E-state index contributed by atoms with van der Waals surface area (Å²) in [5, 5.41) is 22.8. The highest BCUT2D eigenvalue weighted by molar-refractivity contribution is 5.93. The molecule has 222 valence electrons. The molecule has 2 aliphatic rings. The number of benzene rings is 2. The third kappa shape index (κ3) is 6.50. The van der Waals surface area contributed by atoms with Crippen LogP contribution >= 0.6 is 0 Å². The van der Waals surface area contributed by atoms with E-state index in [9.17, 15) is 19.8 Å². The number of carbonyl (C=O) groups excluding carboxylic acids is 1. The SMILES string of the molecule is CC(C)N(C(=O)O)C1CCC(CC(=O)Nc2cnc(-c3ccc(C4(N)CC(C)(O)C4)cc3)c(-c3ccccc3)c2)CC1. The number of amides is 2. The van der Waals surface area contributed by atoms with E-state index in [1.807, 2.05) is 81.4 Å². The molecule has 8 heteroatoms. The molecular formula is C34H42N4O4. The van der Waals surface area contributed by atoms with Gasteiger partial charge in [-0.15, -0.1) is 0 Å². The summed E-state index contributed by atoms with van der Waals surface area (Å²) < 4.78 is 0. The summed E-state index contributed by atoms with van der Waals surface area (Å²) in [7, 11) is 0. The first-order valence-electron chi connectivity index (χ1n) is 14.9. The molecule has 2 amide bonds. The van der Waals surface area contributed by atoms with Gasteiger partial charge in [-0.2, -0.15) is 0 Å². The van der Waals surface area contributed by atoms with Gasteiger partial charge in [0.25, 0.3) is 0 Å². The standard InChI is InChI=1S/C34H42N4O4/c1-22(2)38(32(40)41)28-15-9-23(10-16-28)17-30(39)37-27-18-29(24-7-5-4-6-8-24)31(36-19-27)25-11-13-26(14-12-25)34(35)20-33(3,42)21-34/h4-8,11-14,18-19,22-23,28,42H,9-10,15-17,20-21,35H2,1-3H3,(H,37,39)(H,40,41). The molecule has 8 nitrogen and oxygen atoms in total. The zero-order chi connectivity index (χ0) is 30.1. The summed E-state index contributed by atoms with van der Waals surface area (Å²) >= 11 is 0. The minimum absolute atomic E-state index is 0.0139. The Labute approximate surface area is 248 Å². The molecule has 1 heterocycles. The molecule has 0 atom stereocenters. The predicted octanol–water partition coefficient (Wildman–Crippen LogP) is 6.39. The van der Waals surface area contributed by atoms with E-state index in [1.54, 1.807) is 11.1 Å². The maximum Gasteiger partial charge on any atom is 0.407 e. The first-order chi connectivity index (χ1) is 19.9. The van der Waals surface area contributed by atoms with E-state index in [0.29, 0.717) is 24.9 Å². The van der Waals surface area contributed by atoms with Crippen molar-refractivity contribution < 1.29 is 19.8 Å². The molecule has 5 rings (SSSR count). The summed E-state index contributed by atoms with van der Waals surface area (Å²) in [5.74, 6) is 0.175. The van der Waals surface area contributed by atoms with Crippen LogP contribution in [0, 0.1) is 5.92 Å². The number of hydrogen-bond donors (Lipinski definition) is 4. The zero-order valence-electron chi connectivity index (χ0n) is 24.7. The lowest BCUT2D eigenvalue weighted by atomic mass is 9.63. The van der Waals surface area contributed by atoms with Gasteiger partial charge in [0.05, 0.1) is 23.2 Å². The zero-order valence-corrected chi connectivity index (χ0v) is 24.7. The van der Waals surface area contributed by atoms with Crippen molar-refractivity contribution in [3.8, 4) is 22.4 Å². The van der Waals surface area contributed by atoms with Gasteiger partial charge in [0.1, 0.15) is 0 Å². The molecule has 5 N–H and O–H groups in total. The highest BCUT2D eigenvalue weighted by atomic mass is 16.4. The summed E-state index contributed by atoms with van der Waals surface area (Å²) in [5.41, 5.74) is 10.6. The minimum atomic E-state index is -0.872. The maximum absolute atomic E-state index is 13.1. The Balaban J connectivity index is 1.28. The van der Waals surface area contributed by atoms with Crippen molar-refractivity contribution in [1.29, 1.82) is 0 Å². The van der Waals surface area contributed by atoms with E-state index in [2.05, 4.69) is 5.32 Å². The number of nitrogens with two attached hydrogens (primary N) is 1. The van der Waals surface area contributed by atoms with Crippen molar-refractivity contribution >= 4 is 17.7 Å². The van der Waals surface area contributed by atoms with Crippen LogP contribution in [0.2, 0.25) is 0 Å². The van der Waals surface area contributed by atoms with Crippen LogP contribution in [0.5, 0.6) is 0 Å². The smallest absolute Gasteiger partial charge is 0.407 e. The van der Waals surface area contributed by atoms with Crippen LogP contribution in [0.15, 0.2) is 66.9 Å². The van der Waals surface area contributed by atoms with Gasteiger partial charge in [-0.25, -0.2) is 4.79 Å².